The molecule has 0 bridgehead atoms. The summed E-state index contributed by atoms with van der Waals surface area (Å²) in [6, 6.07) is 46.5. The van der Waals surface area contributed by atoms with E-state index in [9.17, 15) is 10.5 Å². The second-order valence-electron chi connectivity index (χ2n) is 11.3. The van der Waals surface area contributed by atoms with E-state index in [1.807, 2.05) is 6.07 Å². The Balaban J connectivity index is 1.61. The molecule has 8 aromatic rings. The van der Waals surface area contributed by atoms with Crippen LogP contribution >= 0.6 is 0 Å². The van der Waals surface area contributed by atoms with E-state index in [-0.39, 0.29) is 0 Å². The van der Waals surface area contributed by atoms with Gasteiger partial charge in [-0.3, -0.25) is 0 Å². The number of rotatable bonds is 3. The molecule has 0 saturated heterocycles. The Morgan fingerprint density at radius 2 is 1.07 bits per heavy atom. The van der Waals surface area contributed by atoms with Gasteiger partial charge in [0.25, 0.3) is 0 Å². The molecule has 0 aliphatic heterocycles. The summed E-state index contributed by atoms with van der Waals surface area (Å²) < 4.78 is 4.69. The average molecular weight is 563 g/mol. The second-order valence-corrected chi connectivity index (χ2v) is 11.3. The molecule has 0 radical (unpaired) electrons. The molecule has 0 saturated carbocycles. The van der Waals surface area contributed by atoms with Crippen LogP contribution in [-0.2, 0) is 0 Å². The summed E-state index contributed by atoms with van der Waals surface area (Å²) >= 11 is 0. The molecule has 8 rings (SSSR count). The quantitative estimate of drug-likeness (QED) is 0.215. The maximum atomic E-state index is 10.4. The van der Waals surface area contributed by atoms with Gasteiger partial charge in [0.05, 0.1) is 51.0 Å². The third-order valence-corrected chi connectivity index (χ3v) is 8.81. The number of nitrogens with zero attached hydrogens (tertiary/aromatic N) is 4. The van der Waals surface area contributed by atoms with Gasteiger partial charge in [-0.2, -0.15) is 10.5 Å². The van der Waals surface area contributed by atoms with Crippen LogP contribution in [0.25, 0.3) is 66.1 Å². The zero-order valence-corrected chi connectivity index (χ0v) is 24.3. The predicted molar refractivity (Wildman–Crippen MR) is 179 cm³/mol. The molecule has 0 amide bonds. The summed E-state index contributed by atoms with van der Waals surface area (Å²) in [7, 11) is 0. The second kappa shape index (κ2) is 9.73. The van der Waals surface area contributed by atoms with Crippen LogP contribution in [0, 0.1) is 36.5 Å². The van der Waals surface area contributed by atoms with Gasteiger partial charge in [0.15, 0.2) is 0 Å². The lowest BCUT2D eigenvalue weighted by Crippen LogP contribution is -2.02. The summed E-state index contributed by atoms with van der Waals surface area (Å²) in [6.45, 7) is 4.30. The molecule has 4 nitrogen and oxygen atoms in total. The number of nitriles is 2. The minimum absolute atomic E-state index is 0.468. The van der Waals surface area contributed by atoms with Crippen molar-refractivity contribution >= 4 is 43.6 Å². The molecule has 2 heterocycles. The number of benzene rings is 6. The largest absolute Gasteiger partial charge is 0.309 e. The monoisotopic (exact) mass is 562 g/mol. The van der Waals surface area contributed by atoms with Gasteiger partial charge in [0, 0.05) is 38.4 Å². The number of hydrogen-bond donors (Lipinski definition) is 0. The molecule has 6 aromatic carbocycles. The van der Waals surface area contributed by atoms with Crippen molar-refractivity contribution < 1.29 is 0 Å². The number of aryl methyl sites for hydroxylation is 2. The highest BCUT2D eigenvalue weighted by Crippen LogP contribution is 2.43. The highest BCUT2D eigenvalue weighted by atomic mass is 15.0. The first-order chi connectivity index (χ1) is 21.6. The van der Waals surface area contributed by atoms with Gasteiger partial charge in [-0.1, -0.05) is 78.9 Å². The molecule has 0 aliphatic carbocycles. The third-order valence-electron chi connectivity index (χ3n) is 8.81. The Bertz CT molecular complexity index is 2470. The highest BCUT2D eigenvalue weighted by molar-refractivity contribution is 6.16. The lowest BCUT2D eigenvalue weighted by Gasteiger charge is -2.18. The average Bonchev–Trinajstić information content (AvgIpc) is 3.57. The number of hydrogen-bond acceptors (Lipinski definition) is 2. The Kier molecular flexibility index (Phi) is 5.66. The zero-order chi connectivity index (χ0) is 29.9. The summed E-state index contributed by atoms with van der Waals surface area (Å²) in [5.41, 5.74) is 11.6. The van der Waals surface area contributed by atoms with Crippen LogP contribution in [0.4, 0.5) is 0 Å². The molecule has 0 unspecified atom stereocenters. The van der Waals surface area contributed by atoms with Crippen molar-refractivity contribution in [1.29, 1.82) is 10.5 Å². The normalized spacial score (nSPS) is 11.4. The Morgan fingerprint density at radius 3 is 1.66 bits per heavy atom. The van der Waals surface area contributed by atoms with Crippen molar-refractivity contribution in [2.45, 2.75) is 13.8 Å². The van der Waals surface area contributed by atoms with E-state index in [2.05, 4.69) is 138 Å². The van der Waals surface area contributed by atoms with Crippen LogP contribution in [-0.4, -0.2) is 9.13 Å². The first-order valence-electron chi connectivity index (χ1n) is 14.7. The van der Waals surface area contributed by atoms with Crippen LogP contribution in [0.1, 0.15) is 22.3 Å². The van der Waals surface area contributed by atoms with Gasteiger partial charge in [0.1, 0.15) is 0 Å². The molecule has 44 heavy (non-hydrogen) atoms. The smallest absolute Gasteiger partial charge is 0.0998 e. The van der Waals surface area contributed by atoms with Crippen molar-refractivity contribution in [3.8, 4) is 34.6 Å². The standard InChI is InChI=1S/C40H26N4/c1-25-10-9-11-26(2)39(25)44-38-17-8-5-14-33(38)35-22-29(21-34(40(35)44)30-19-18-27(23-41)20-28(30)24-42)43-36-15-6-3-12-31(36)32-13-4-7-16-37(32)43/h3-22H,1-2H3. The molecule has 0 spiro atoms. The number of aromatic nitrogens is 2. The van der Waals surface area contributed by atoms with Crippen LogP contribution in [0.15, 0.2) is 121 Å². The van der Waals surface area contributed by atoms with E-state index in [1.54, 1.807) is 12.1 Å². The summed E-state index contributed by atoms with van der Waals surface area (Å²) in [5.74, 6) is 0. The molecular formula is C40H26N4. The van der Waals surface area contributed by atoms with E-state index in [0.717, 1.165) is 55.3 Å². The van der Waals surface area contributed by atoms with Crippen molar-refractivity contribution in [3.63, 3.8) is 0 Å². The fourth-order valence-corrected chi connectivity index (χ4v) is 6.95. The highest BCUT2D eigenvalue weighted by Gasteiger charge is 2.23. The van der Waals surface area contributed by atoms with Gasteiger partial charge in [0.2, 0.25) is 0 Å². The van der Waals surface area contributed by atoms with Crippen molar-refractivity contribution in [2.75, 3.05) is 0 Å². The lowest BCUT2D eigenvalue weighted by molar-refractivity contribution is 1.12. The molecule has 2 aromatic heterocycles. The number of para-hydroxylation sites is 4. The Hall–Kier alpha value is -6.10. The van der Waals surface area contributed by atoms with Crippen molar-refractivity contribution in [1.82, 2.24) is 9.13 Å². The third kappa shape index (κ3) is 3.62. The summed E-state index contributed by atoms with van der Waals surface area (Å²) in [6.07, 6.45) is 0. The van der Waals surface area contributed by atoms with Crippen molar-refractivity contribution in [3.05, 3.63) is 144 Å². The Morgan fingerprint density at radius 1 is 0.500 bits per heavy atom. The maximum Gasteiger partial charge on any atom is 0.0998 e. The van der Waals surface area contributed by atoms with Gasteiger partial charge in [-0.05, 0) is 67.4 Å². The fourth-order valence-electron chi connectivity index (χ4n) is 6.95. The van der Waals surface area contributed by atoms with Crippen LogP contribution in [0.3, 0.4) is 0 Å². The topological polar surface area (TPSA) is 57.4 Å². The lowest BCUT2D eigenvalue weighted by atomic mass is 9.95. The van der Waals surface area contributed by atoms with E-state index >= 15 is 0 Å². The summed E-state index contributed by atoms with van der Waals surface area (Å²) in [4.78, 5) is 0. The molecular weight excluding hydrogens is 536 g/mol. The van der Waals surface area contributed by atoms with Crippen LogP contribution in [0.2, 0.25) is 0 Å². The molecule has 0 fully saturated rings. The maximum absolute atomic E-state index is 10.4. The minimum atomic E-state index is 0.468. The van der Waals surface area contributed by atoms with Gasteiger partial charge in [-0.25, -0.2) is 0 Å². The fraction of sp³-hybridized carbons (Fsp3) is 0.0500. The zero-order valence-electron chi connectivity index (χ0n) is 24.3. The van der Waals surface area contributed by atoms with Crippen LogP contribution in [0.5, 0.6) is 0 Å². The van der Waals surface area contributed by atoms with Crippen molar-refractivity contribution in [2.24, 2.45) is 0 Å². The van der Waals surface area contributed by atoms with Gasteiger partial charge < -0.3 is 9.13 Å². The Labute approximate surface area is 254 Å². The summed E-state index contributed by atoms with van der Waals surface area (Å²) in [5, 5.41) is 24.6. The SMILES string of the molecule is Cc1cccc(C)c1-n1c2ccccc2c2cc(-n3c4ccccc4c4ccccc43)cc(-c3ccc(C#N)cc3C#N)c21. The minimum Gasteiger partial charge on any atom is -0.309 e. The molecule has 0 atom stereocenters. The van der Waals surface area contributed by atoms with Gasteiger partial charge in [-0.15, -0.1) is 0 Å². The first kappa shape index (κ1) is 25.6. The molecule has 206 valence electrons. The number of fused-ring (bicyclic) bond motifs is 6. The van der Waals surface area contributed by atoms with Crippen LogP contribution < -0.4 is 0 Å². The first-order valence-corrected chi connectivity index (χ1v) is 14.7. The van der Waals surface area contributed by atoms with E-state index < -0.39 is 0 Å². The van der Waals surface area contributed by atoms with E-state index in [4.69, 9.17) is 0 Å². The predicted octanol–water partition coefficient (Wildman–Crippen LogP) is 9.91. The van der Waals surface area contributed by atoms with Gasteiger partial charge >= 0.3 is 0 Å². The molecule has 4 heteroatoms. The molecule has 0 aliphatic rings. The van der Waals surface area contributed by atoms with E-state index in [1.165, 1.54) is 21.9 Å². The molecule has 0 N–H and O–H groups in total. The van der Waals surface area contributed by atoms with E-state index in [0.29, 0.717) is 11.1 Å².